The minimum absolute atomic E-state index is 0.0330. The number of nitrogen functional groups attached to an aromatic ring is 1. The molecule has 0 unspecified atom stereocenters. The minimum Gasteiger partial charge on any atom is -0.495 e. The van der Waals surface area contributed by atoms with E-state index in [-0.39, 0.29) is 12.5 Å². The second-order valence-corrected chi connectivity index (χ2v) is 9.11. The molecule has 0 radical (unpaired) electrons. The van der Waals surface area contributed by atoms with Gasteiger partial charge in [-0.15, -0.1) is 0 Å². The number of rotatable bonds is 7. The fourth-order valence-corrected chi connectivity index (χ4v) is 4.70. The number of allylic oxidation sites excluding steroid dienone is 4. The number of anilines is 2. The van der Waals surface area contributed by atoms with Crippen LogP contribution >= 0.6 is 31.9 Å². The van der Waals surface area contributed by atoms with Crippen LogP contribution in [0.5, 0.6) is 5.75 Å². The van der Waals surface area contributed by atoms with E-state index in [0.717, 1.165) is 51.2 Å². The fraction of sp³-hybridized carbons (Fsp3) is 0.391. The number of nitrogens with zero attached hydrogens (tertiary/aromatic N) is 4. The summed E-state index contributed by atoms with van der Waals surface area (Å²) in [5.41, 5.74) is 8.98. The van der Waals surface area contributed by atoms with Crippen LogP contribution in [-0.4, -0.2) is 53.9 Å². The molecule has 1 aliphatic rings. The predicted molar refractivity (Wildman–Crippen MR) is 137 cm³/mol. The first kappa shape index (κ1) is 24.4. The summed E-state index contributed by atoms with van der Waals surface area (Å²) in [7, 11) is 1.66. The van der Waals surface area contributed by atoms with Crippen molar-refractivity contribution in [2.75, 3.05) is 43.9 Å². The van der Waals surface area contributed by atoms with Gasteiger partial charge in [-0.1, -0.05) is 25.2 Å². The molecule has 7 nitrogen and oxygen atoms in total. The number of nitrogens with two attached hydrogens (primary N) is 1. The van der Waals surface area contributed by atoms with Gasteiger partial charge in [0.05, 0.1) is 21.7 Å². The van der Waals surface area contributed by atoms with Crippen LogP contribution in [0.3, 0.4) is 0 Å². The quantitative estimate of drug-likeness (QED) is 0.491. The molecule has 2 N–H and O–H groups in total. The average Bonchev–Trinajstić information content (AvgIpc) is 3.06. The van der Waals surface area contributed by atoms with Gasteiger partial charge in [-0.05, 0) is 62.9 Å². The van der Waals surface area contributed by atoms with Crippen molar-refractivity contribution >= 4 is 54.8 Å². The molecule has 1 fully saturated rings. The molecular weight excluding hydrogens is 538 g/mol. The smallest absolute Gasteiger partial charge is 0.244 e. The summed E-state index contributed by atoms with van der Waals surface area (Å²) in [6, 6.07) is 6.06. The highest BCUT2D eigenvalue weighted by Crippen LogP contribution is 2.32. The Hall–Kier alpha value is -2.26. The van der Waals surface area contributed by atoms with E-state index in [2.05, 4.69) is 60.9 Å². The molecule has 0 aliphatic carbocycles. The van der Waals surface area contributed by atoms with Crippen molar-refractivity contribution in [3.8, 4) is 5.75 Å². The number of carbonyl (C=O) groups is 1. The molecule has 32 heavy (non-hydrogen) atoms. The summed E-state index contributed by atoms with van der Waals surface area (Å²) < 4.78 is 8.75. The molecule has 1 aliphatic heterocycles. The molecule has 172 valence electrons. The second kappa shape index (κ2) is 11.0. The Morgan fingerprint density at radius 3 is 2.59 bits per heavy atom. The van der Waals surface area contributed by atoms with E-state index in [9.17, 15) is 4.79 Å². The third kappa shape index (κ3) is 5.38. The Morgan fingerprint density at radius 1 is 1.25 bits per heavy atom. The standard InChI is InChI=1S/C23H29Br2N5O2/c1-4-6-16(7-5-2)22-21(25)23(26)27-30(22)15-20(31)29-12-10-28(11-13-29)17-8-9-18(24)19(14-17)32-3/h4,6-9,14H,5,10-13,15H2,1-3H3,(H2,26,27)/b6-4-,16-7+. The molecule has 1 aromatic carbocycles. The highest BCUT2D eigenvalue weighted by molar-refractivity contribution is 9.11. The average molecular weight is 567 g/mol. The van der Waals surface area contributed by atoms with Gasteiger partial charge in [0.15, 0.2) is 5.82 Å². The molecule has 9 heteroatoms. The number of hydrogen-bond acceptors (Lipinski definition) is 5. The summed E-state index contributed by atoms with van der Waals surface area (Å²) in [5, 5.41) is 4.42. The first-order chi connectivity index (χ1) is 15.4. The van der Waals surface area contributed by atoms with Crippen molar-refractivity contribution in [3.63, 3.8) is 0 Å². The number of aromatic nitrogens is 2. The summed E-state index contributed by atoms with van der Waals surface area (Å²) >= 11 is 7.04. The molecular formula is C23H29Br2N5O2. The number of halogens is 2. The van der Waals surface area contributed by atoms with Crippen LogP contribution < -0.4 is 15.4 Å². The molecule has 1 saturated heterocycles. The molecule has 1 aromatic heterocycles. The first-order valence-corrected chi connectivity index (χ1v) is 12.2. The Balaban J connectivity index is 1.71. The molecule has 0 bridgehead atoms. The van der Waals surface area contributed by atoms with Gasteiger partial charge in [-0.2, -0.15) is 5.10 Å². The van der Waals surface area contributed by atoms with Crippen molar-refractivity contribution < 1.29 is 9.53 Å². The predicted octanol–water partition coefficient (Wildman–Crippen LogP) is 4.72. The van der Waals surface area contributed by atoms with Crippen molar-refractivity contribution in [1.82, 2.24) is 14.7 Å². The van der Waals surface area contributed by atoms with Crippen LogP contribution in [0.4, 0.5) is 11.5 Å². The van der Waals surface area contributed by atoms with Gasteiger partial charge in [0, 0.05) is 37.9 Å². The lowest BCUT2D eigenvalue weighted by atomic mass is 10.1. The fourth-order valence-electron chi connectivity index (χ4n) is 3.78. The Bertz CT molecular complexity index is 1020. The lowest BCUT2D eigenvalue weighted by Gasteiger charge is -2.36. The monoisotopic (exact) mass is 565 g/mol. The SMILES string of the molecule is C/C=C\C(=C/CC)c1c(Br)c(N)nn1CC(=O)N1CCN(c2ccc(Br)c(OC)c2)CC1. The Kier molecular flexibility index (Phi) is 8.42. The molecule has 3 rings (SSSR count). The largest absolute Gasteiger partial charge is 0.495 e. The number of benzene rings is 1. The van der Waals surface area contributed by atoms with Gasteiger partial charge in [0.2, 0.25) is 5.91 Å². The van der Waals surface area contributed by atoms with E-state index in [1.807, 2.05) is 36.1 Å². The molecule has 1 amide bonds. The maximum absolute atomic E-state index is 13.1. The summed E-state index contributed by atoms with van der Waals surface area (Å²) in [4.78, 5) is 17.2. The van der Waals surface area contributed by atoms with Gasteiger partial charge in [-0.3, -0.25) is 9.48 Å². The van der Waals surface area contributed by atoms with Gasteiger partial charge in [0.1, 0.15) is 12.3 Å². The highest BCUT2D eigenvalue weighted by Gasteiger charge is 2.24. The first-order valence-electron chi connectivity index (χ1n) is 10.6. The molecule has 0 atom stereocenters. The van der Waals surface area contributed by atoms with Crippen molar-refractivity contribution in [2.45, 2.75) is 26.8 Å². The maximum Gasteiger partial charge on any atom is 0.244 e. The maximum atomic E-state index is 13.1. The molecule has 2 heterocycles. The minimum atomic E-state index is 0.0330. The van der Waals surface area contributed by atoms with Gasteiger partial charge >= 0.3 is 0 Å². The second-order valence-electron chi connectivity index (χ2n) is 7.46. The normalized spacial score (nSPS) is 15.0. The van der Waals surface area contributed by atoms with E-state index in [4.69, 9.17) is 10.5 Å². The lowest BCUT2D eigenvalue weighted by Crippen LogP contribution is -2.49. The van der Waals surface area contributed by atoms with Crippen LogP contribution in [0.15, 0.2) is 45.4 Å². The van der Waals surface area contributed by atoms with Crippen LogP contribution in [0, 0.1) is 0 Å². The van der Waals surface area contributed by atoms with E-state index in [0.29, 0.717) is 18.9 Å². The van der Waals surface area contributed by atoms with E-state index >= 15 is 0 Å². The number of carbonyl (C=O) groups excluding carboxylic acids is 1. The topological polar surface area (TPSA) is 76.6 Å². The number of methoxy groups -OCH3 is 1. The number of hydrogen-bond donors (Lipinski definition) is 1. The van der Waals surface area contributed by atoms with Crippen molar-refractivity contribution in [2.24, 2.45) is 0 Å². The van der Waals surface area contributed by atoms with Gasteiger partial charge < -0.3 is 20.3 Å². The summed E-state index contributed by atoms with van der Waals surface area (Å²) in [6.07, 6.45) is 6.96. The lowest BCUT2D eigenvalue weighted by molar-refractivity contribution is -0.132. The van der Waals surface area contributed by atoms with Gasteiger partial charge in [0.25, 0.3) is 0 Å². The van der Waals surface area contributed by atoms with Crippen LogP contribution in [-0.2, 0) is 11.3 Å². The summed E-state index contributed by atoms with van der Waals surface area (Å²) in [6.45, 7) is 7.01. The number of ether oxygens (including phenoxy) is 1. The van der Waals surface area contributed by atoms with E-state index < -0.39 is 0 Å². The van der Waals surface area contributed by atoms with Gasteiger partial charge in [-0.25, -0.2) is 0 Å². The van der Waals surface area contributed by atoms with E-state index in [1.165, 1.54) is 0 Å². The third-order valence-electron chi connectivity index (χ3n) is 5.38. The number of piperazine rings is 1. The zero-order valence-corrected chi connectivity index (χ0v) is 21.8. The van der Waals surface area contributed by atoms with Crippen molar-refractivity contribution in [1.29, 1.82) is 0 Å². The Morgan fingerprint density at radius 2 is 1.97 bits per heavy atom. The van der Waals surface area contributed by atoms with Crippen LogP contribution in [0.2, 0.25) is 0 Å². The number of amides is 1. The molecule has 0 spiro atoms. The third-order valence-corrected chi connectivity index (χ3v) is 6.82. The highest BCUT2D eigenvalue weighted by atomic mass is 79.9. The van der Waals surface area contributed by atoms with E-state index in [1.54, 1.807) is 11.8 Å². The zero-order valence-electron chi connectivity index (χ0n) is 18.6. The van der Waals surface area contributed by atoms with Crippen LogP contribution in [0.25, 0.3) is 5.57 Å². The van der Waals surface area contributed by atoms with Crippen LogP contribution in [0.1, 0.15) is 26.0 Å². The zero-order chi connectivity index (χ0) is 23.3. The summed E-state index contributed by atoms with van der Waals surface area (Å²) in [5.74, 6) is 1.21. The Labute approximate surface area is 206 Å². The molecule has 2 aromatic rings. The van der Waals surface area contributed by atoms with Crippen molar-refractivity contribution in [3.05, 3.63) is 51.1 Å². The molecule has 0 saturated carbocycles.